The normalized spacial score (nSPS) is 17.3. The number of halogens is 6. The Morgan fingerprint density at radius 2 is 1.16 bits per heavy atom. The quantitative estimate of drug-likeness (QED) is 0.107. The summed E-state index contributed by atoms with van der Waals surface area (Å²) in [4.78, 5) is 5.08. The molecule has 4 aromatic carbocycles. The van der Waals surface area contributed by atoms with Gasteiger partial charge in [-0.05, 0) is 55.7 Å². The number of aliphatic imine (C=N–C) groups is 1. The van der Waals surface area contributed by atoms with Crippen LogP contribution in [0.4, 0.5) is 25.2 Å². The molecule has 4 aromatic rings. The maximum absolute atomic E-state index is 10.7. The van der Waals surface area contributed by atoms with Gasteiger partial charge in [0.1, 0.15) is 6.04 Å². The van der Waals surface area contributed by atoms with Crippen LogP contribution >= 0.6 is 15.7 Å². The van der Waals surface area contributed by atoms with Crippen LogP contribution in [0.15, 0.2) is 120 Å². The van der Waals surface area contributed by atoms with Gasteiger partial charge in [-0.1, -0.05) is 109 Å². The second-order valence-corrected chi connectivity index (χ2v) is 13.3. The van der Waals surface area contributed by atoms with Crippen molar-refractivity contribution in [2.45, 2.75) is 12.1 Å². The first-order chi connectivity index (χ1) is 20.2. The predicted octanol–water partition coefficient (Wildman–Crippen LogP) is 9.22. The van der Waals surface area contributed by atoms with Gasteiger partial charge in [-0.25, -0.2) is 4.99 Å². The number of nitrogens with zero attached hydrogens (tertiary/aromatic N) is 1. The van der Waals surface area contributed by atoms with Crippen molar-refractivity contribution >= 4 is 37.5 Å². The van der Waals surface area contributed by atoms with Crippen LogP contribution in [0.25, 0.3) is 0 Å². The summed E-state index contributed by atoms with van der Waals surface area (Å²) in [5, 5.41) is 3.85. The molecule has 3 nitrogen and oxygen atoms in total. The molecular formula is C32H31F6NO2P2Pd+. The first-order valence-corrected chi connectivity index (χ1v) is 16.3. The Balaban J connectivity index is 0.000000536. The van der Waals surface area contributed by atoms with Crippen LogP contribution in [-0.4, -0.2) is 25.7 Å². The van der Waals surface area contributed by atoms with Crippen molar-refractivity contribution in [3.63, 3.8) is 0 Å². The minimum absolute atomic E-state index is 0. The summed E-state index contributed by atoms with van der Waals surface area (Å²) in [6.45, 7) is 6.99. The molecule has 3 radical (unpaired) electrons. The van der Waals surface area contributed by atoms with E-state index in [1.54, 1.807) is 7.11 Å². The van der Waals surface area contributed by atoms with Crippen molar-refractivity contribution < 1.29 is 55.1 Å². The summed E-state index contributed by atoms with van der Waals surface area (Å²) in [6, 6.07) is 40.2. The minimum atomic E-state index is -10.7. The molecule has 1 heterocycles. The topological polar surface area (TPSA) is 30.8 Å². The summed E-state index contributed by atoms with van der Waals surface area (Å²) < 4.78 is 71.1. The number of hydrogen-bond donors (Lipinski definition) is 0. The van der Waals surface area contributed by atoms with Crippen molar-refractivity contribution in [1.29, 1.82) is 0 Å². The van der Waals surface area contributed by atoms with Gasteiger partial charge in [0.15, 0.2) is 6.10 Å². The molecule has 0 spiro atoms. The first-order valence-electron chi connectivity index (χ1n) is 13.0. The Kier molecular flexibility index (Phi) is 13.3. The third kappa shape index (κ3) is 12.8. The summed E-state index contributed by atoms with van der Waals surface area (Å²) in [5.74, 6) is 0.695. The summed E-state index contributed by atoms with van der Waals surface area (Å²) in [7, 11) is -9.71. The van der Waals surface area contributed by atoms with Gasteiger partial charge in [0.25, 0.3) is 0 Å². The van der Waals surface area contributed by atoms with Crippen LogP contribution in [-0.2, 0) is 29.9 Å². The predicted molar refractivity (Wildman–Crippen MR) is 166 cm³/mol. The Labute approximate surface area is 269 Å². The Bertz CT molecular complexity index is 1410. The van der Waals surface area contributed by atoms with Crippen LogP contribution in [0.5, 0.6) is 0 Å². The summed E-state index contributed by atoms with van der Waals surface area (Å²) in [5.41, 5.74) is 2.19. The van der Waals surface area contributed by atoms with E-state index in [1.165, 1.54) is 22.3 Å². The summed E-state index contributed by atoms with van der Waals surface area (Å²) in [6.07, 6.45) is 1.35. The molecule has 237 valence electrons. The maximum Gasteiger partial charge on any atom is 2.00 e. The zero-order chi connectivity index (χ0) is 31.6. The molecule has 0 aromatic heterocycles. The molecule has 44 heavy (non-hydrogen) atoms. The molecule has 0 unspecified atom stereocenters. The number of hydrogen-bond acceptors (Lipinski definition) is 3. The second kappa shape index (κ2) is 15.6. The molecule has 2 atom stereocenters. The van der Waals surface area contributed by atoms with Gasteiger partial charge in [-0.2, -0.15) is 0 Å². The van der Waals surface area contributed by atoms with E-state index < -0.39 is 15.7 Å². The Hall–Kier alpha value is -2.59. The molecule has 0 N–H and O–H groups in total. The number of rotatable bonds is 7. The molecule has 12 heteroatoms. The number of ether oxygens (including phenoxy) is 2. The van der Waals surface area contributed by atoms with E-state index >= 15 is 0 Å². The molecule has 0 fully saturated rings. The first kappa shape index (κ1) is 37.6. The van der Waals surface area contributed by atoms with E-state index in [4.69, 9.17) is 14.5 Å². The van der Waals surface area contributed by atoms with E-state index in [2.05, 4.69) is 111 Å². The third-order valence-electron chi connectivity index (χ3n) is 5.75. The van der Waals surface area contributed by atoms with Gasteiger partial charge in [0.05, 0.1) is 6.61 Å². The molecule has 5 rings (SSSR count). The van der Waals surface area contributed by atoms with Crippen LogP contribution in [0.3, 0.4) is 0 Å². The molecule has 1 aliphatic rings. The summed E-state index contributed by atoms with van der Waals surface area (Å²) >= 11 is 0. The van der Waals surface area contributed by atoms with Crippen molar-refractivity contribution in [3.8, 4) is 0 Å². The van der Waals surface area contributed by atoms with Crippen LogP contribution in [0, 0.1) is 20.3 Å². The monoisotopic (exact) mass is 743 g/mol. The smallest absolute Gasteiger partial charge is 0.0499 e. The van der Waals surface area contributed by atoms with E-state index in [9.17, 15) is 25.2 Å². The molecule has 1 aliphatic heterocycles. The number of methoxy groups -OCH3 is 1. The molecule has 0 aliphatic carbocycles. The van der Waals surface area contributed by atoms with Crippen molar-refractivity contribution in [3.05, 3.63) is 147 Å². The molecule has 0 bridgehead atoms. The average Bonchev–Trinajstić information content (AvgIpc) is 3.38. The fourth-order valence-electron chi connectivity index (χ4n) is 4.24. The second-order valence-electron chi connectivity index (χ2n) is 9.17. The van der Waals surface area contributed by atoms with Crippen LogP contribution in [0.1, 0.15) is 17.2 Å². The largest absolute Gasteiger partial charge is 2.00 e. The zero-order valence-corrected chi connectivity index (χ0v) is 26.9. The van der Waals surface area contributed by atoms with E-state index in [-0.39, 0.29) is 32.6 Å². The Morgan fingerprint density at radius 1 is 0.750 bits per heavy atom. The Morgan fingerprint density at radius 3 is 1.61 bits per heavy atom. The van der Waals surface area contributed by atoms with Gasteiger partial charge < -0.3 is 9.47 Å². The van der Waals surface area contributed by atoms with E-state index in [1.807, 2.05) is 18.2 Å². The molecular weight excluding hydrogens is 713 g/mol. The maximum atomic E-state index is 9.87. The molecule has 0 saturated heterocycles. The number of benzene rings is 4. The van der Waals surface area contributed by atoms with Gasteiger partial charge in [-0.3, -0.25) is 0 Å². The fraction of sp³-hybridized carbons (Fsp3) is 0.125. The van der Waals surface area contributed by atoms with Gasteiger partial charge in [0, 0.05) is 12.7 Å². The minimum Gasteiger partial charge on any atom is -0.0499 e. The zero-order valence-electron chi connectivity index (χ0n) is 23.6. The molecule has 0 saturated carbocycles. The molecule has 0 amide bonds. The van der Waals surface area contributed by atoms with Crippen molar-refractivity contribution in [2.75, 3.05) is 13.7 Å². The van der Waals surface area contributed by atoms with Crippen molar-refractivity contribution in [2.24, 2.45) is 4.99 Å². The standard InChI is InChI=1S/C29H26NO2P.C3H5.F6P.Pd/c1-31-21-26-28(22-13-5-2-6-14-22)30-29(32-26)25-19-11-12-20-27(25)33(23-15-7-3-8-16-23)24-17-9-4-10-18-24;1-3-2;1-7(2,3,4,5)6;/h2-20,26,28H,21H2,1H3;3H,1-2H2;;/q;;-1;+2/t26-,28-;;;/m1.../s1. The van der Waals surface area contributed by atoms with Gasteiger partial charge in [0.2, 0.25) is 5.90 Å². The van der Waals surface area contributed by atoms with Gasteiger partial charge in [-0.15, -0.1) is 0 Å². The van der Waals surface area contributed by atoms with E-state index in [0.717, 1.165) is 11.1 Å². The van der Waals surface area contributed by atoms with E-state index in [0.29, 0.717) is 12.5 Å². The average molecular weight is 744 g/mol. The fourth-order valence-corrected chi connectivity index (χ4v) is 6.68. The van der Waals surface area contributed by atoms with Gasteiger partial charge >= 0.3 is 53.4 Å². The SMILES string of the molecule is COC[C@H]1OC(c2ccccc2P(c2ccccc2)c2ccccc2)=N[C@@H]1c1ccccc1.F[P-](F)(F)(F)(F)F.[CH2][CH][CH2].[Pd+2]. The van der Waals surface area contributed by atoms with Crippen molar-refractivity contribution in [1.82, 2.24) is 0 Å². The van der Waals surface area contributed by atoms with Crippen LogP contribution in [0.2, 0.25) is 0 Å². The van der Waals surface area contributed by atoms with Crippen LogP contribution < -0.4 is 15.9 Å². The third-order valence-corrected chi connectivity index (χ3v) is 8.25.